The highest BCUT2D eigenvalue weighted by Crippen LogP contribution is 2.51. The Morgan fingerprint density at radius 3 is 1.67 bits per heavy atom. The Morgan fingerprint density at radius 1 is 0.500 bits per heavy atom. The average Bonchev–Trinajstić information content (AvgIpc) is 3.42. The minimum Gasteiger partial charge on any atom is -0.455 e. The van der Waals surface area contributed by atoms with Crippen molar-refractivity contribution < 1.29 is 7.16 Å². The Bertz CT molecular complexity index is 2240. The highest BCUT2D eigenvalue weighted by atomic mass is 16.3. The second kappa shape index (κ2) is 9.33. The summed E-state index contributed by atoms with van der Waals surface area (Å²) in [4.78, 5) is 0. The maximum atomic E-state index is 8.90. The molecular weight excluding hydrogens is 508 g/mol. The first-order chi connectivity index (χ1) is 21.2. The van der Waals surface area contributed by atoms with Crippen molar-refractivity contribution in [1.29, 1.82) is 0 Å². The van der Waals surface area contributed by atoms with Crippen LogP contribution in [0.4, 0.5) is 0 Å². The lowest BCUT2D eigenvalue weighted by Gasteiger charge is -2.23. The van der Waals surface area contributed by atoms with Gasteiger partial charge in [-0.3, -0.25) is 0 Å². The molecule has 0 aliphatic heterocycles. The van der Waals surface area contributed by atoms with E-state index in [1.165, 1.54) is 27.8 Å². The van der Waals surface area contributed by atoms with Gasteiger partial charge in [0.25, 0.3) is 0 Å². The molecule has 1 nitrogen and oxygen atoms in total. The van der Waals surface area contributed by atoms with E-state index in [1.54, 1.807) is 0 Å². The van der Waals surface area contributed by atoms with Gasteiger partial charge in [0.2, 0.25) is 0 Å². The average molecular weight is 543 g/mol. The first kappa shape index (κ1) is 22.8. The van der Waals surface area contributed by atoms with Crippen LogP contribution < -0.4 is 0 Å². The molecule has 0 fully saturated rings. The molecule has 1 aliphatic rings. The van der Waals surface area contributed by atoms with Gasteiger partial charge >= 0.3 is 0 Å². The molecule has 6 aromatic carbocycles. The fraction of sp³-hybridized carbons (Fsp3) is 0.122. The summed E-state index contributed by atoms with van der Waals surface area (Å²) < 4.78 is 24.8. The van der Waals surface area contributed by atoms with Gasteiger partial charge in [-0.05, 0) is 67.9 Å². The molecule has 7 aromatic rings. The van der Waals surface area contributed by atoms with E-state index in [4.69, 9.17) is 7.16 Å². The number of hydrogen-bond donors (Lipinski definition) is 0. The molecule has 202 valence electrons. The SMILES string of the molecule is [2H]C([2H])(c1cccc(-c2cccc3c2oc2c4c(ccc23)-c2ccccc2-c2ccccc2-c2ccccc2-4)c1)C(C)(C)C. The number of hydrogen-bond acceptors (Lipinski definition) is 1. The molecule has 0 amide bonds. The quantitative estimate of drug-likeness (QED) is 0.212. The van der Waals surface area contributed by atoms with Gasteiger partial charge in [0, 0.05) is 24.6 Å². The summed E-state index contributed by atoms with van der Waals surface area (Å²) in [5.74, 6) is 0. The topological polar surface area (TPSA) is 13.1 Å². The largest absolute Gasteiger partial charge is 0.455 e. The van der Waals surface area contributed by atoms with Crippen LogP contribution in [0.25, 0.3) is 77.6 Å². The molecule has 0 atom stereocenters. The molecule has 0 saturated heterocycles. The maximum Gasteiger partial charge on any atom is 0.143 e. The van der Waals surface area contributed by atoms with E-state index in [0.29, 0.717) is 5.56 Å². The molecule has 0 radical (unpaired) electrons. The molecule has 0 N–H and O–H groups in total. The van der Waals surface area contributed by atoms with Gasteiger partial charge in [0.1, 0.15) is 11.2 Å². The van der Waals surface area contributed by atoms with Crippen LogP contribution in [0.15, 0.2) is 132 Å². The predicted octanol–water partition coefficient (Wildman–Crippen LogP) is 11.8. The second-order valence-electron chi connectivity index (χ2n) is 12.2. The zero-order valence-corrected chi connectivity index (χ0v) is 24.0. The smallest absolute Gasteiger partial charge is 0.143 e. The zero-order chi connectivity index (χ0) is 30.2. The molecule has 1 aromatic heterocycles. The van der Waals surface area contributed by atoms with E-state index >= 15 is 0 Å². The minimum absolute atomic E-state index is 0.546. The highest BCUT2D eigenvalue weighted by Gasteiger charge is 2.25. The summed E-state index contributed by atoms with van der Waals surface area (Å²) in [6.45, 7) is 5.84. The molecule has 8 rings (SSSR count). The van der Waals surface area contributed by atoms with Gasteiger partial charge in [0.15, 0.2) is 0 Å². The van der Waals surface area contributed by atoms with Crippen molar-refractivity contribution in [2.75, 3.05) is 0 Å². The molecular formula is C41H32O. The van der Waals surface area contributed by atoms with Crippen molar-refractivity contribution in [3.05, 3.63) is 133 Å². The van der Waals surface area contributed by atoms with Crippen LogP contribution in [-0.2, 0) is 6.37 Å². The third kappa shape index (κ3) is 3.92. The molecule has 1 aliphatic carbocycles. The van der Waals surface area contributed by atoms with Gasteiger partial charge in [0.05, 0.1) is 0 Å². The van der Waals surface area contributed by atoms with Gasteiger partial charge in [-0.2, -0.15) is 0 Å². The standard InChI is InChI=1S/C41H32O/c1-41(2,3)25-26-12-10-13-27(24-26)28-20-11-21-36-37-23-22-35-33-18-7-6-16-31(33)29-14-4-5-15-30(29)32-17-8-9-19-34(32)38(35)40(37)42-39(28)36/h4-24H,25H2,1-3H3/i25D2. The van der Waals surface area contributed by atoms with Crippen molar-refractivity contribution in [3.8, 4) is 55.6 Å². The Hall–Kier alpha value is -4.88. The molecule has 0 unspecified atom stereocenters. The van der Waals surface area contributed by atoms with Crippen LogP contribution in [0.5, 0.6) is 0 Å². The monoisotopic (exact) mass is 542 g/mol. The van der Waals surface area contributed by atoms with Crippen LogP contribution in [0.1, 0.15) is 29.1 Å². The molecule has 42 heavy (non-hydrogen) atoms. The van der Waals surface area contributed by atoms with Crippen molar-refractivity contribution in [3.63, 3.8) is 0 Å². The van der Waals surface area contributed by atoms with Crippen LogP contribution in [-0.4, -0.2) is 0 Å². The first-order valence-corrected chi connectivity index (χ1v) is 14.6. The molecule has 0 saturated carbocycles. The summed E-state index contributed by atoms with van der Waals surface area (Å²) in [5.41, 5.74) is 13.1. The summed E-state index contributed by atoms with van der Waals surface area (Å²) in [5, 5.41) is 2.13. The van der Waals surface area contributed by atoms with Crippen molar-refractivity contribution in [2.45, 2.75) is 27.1 Å². The van der Waals surface area contributed by atoms with E-state index in [1.807, 2.05) is 39.0 Å². The van der Waals surface area contributed by atoms with E-state index in [-0.39, 0.29) is 0 Å². The van der Waals surface area contributed by atoms with Gasteiger partial charge < -0.3 is 4.42 Å². The Kier molecular flexibility index (Phi) is 5.06. The lowest BCUT2D eigenvalue weighted by molar-refractivity contribution is 0.411. The molecule has 1 heterocycles. The Morgan fingerprint density at radius 2 is 1.02 bits per heavy atom. The van der Waals surface area contributed by atoms with Crippen LogP contribution in [0, 0.1) is 5.41 Å². The van der Waals surface area contributed by atoms with E-state index < -0.39 is 11.8 Å². The lowest BCUT2D eigenvalue weighted by atomic mass is 9.80. The number of benzene rings is 6. The fourth-order valence-electron chi connectivity index (χ4n) is 6.62. The predicted molar refractivity (Wildman–Crippen MR) is 178 cm³/mol. The first-order valence-electron chi connectivity index (χ1n) is 15.6. The van der Waals surface area contributed by atoms with E-state index in [9.17, 15) is 0 Å². The number of rotatable bonds is 2. The van der Waals surface area contributed by atoms with Crippen LogP contribution in [0.2, 0.25) is 0 Å². The van der Waals surface area contributed by atoms with Crippen LogP contribution in [0.3, 0.4) is 0 Å². The van der Waals surface area contributed by atoms with E-state index in [2.05, 4.69) is 109 Å². The maximum absolute atomic E-state index is 8.90. The normalized spacial score (nSPS) is 13.3. The van der Waals surface area contributed by atoms with Gasteiger partial charge in [-0.15, -0.1) is 0 Å². The Labute approximate surface area is 249 Å². The molecule has 0 spiro atoms. The second-order valence-corrected chi connectivity index (χ2v) is 12.2. The third-order valence-corrected chi connectivity index (χ3v) is 8.28. The lowest BCUT2D eigenvalue weighted by Crippen LogP contribution is -2.08. The van der Waals surface area contributed by atoms with Crippen molar-refractivity contribution in [1.82, 2.24) is 0 Å². The zero-order valence-electron chi connectivity index (χ0n) is 26.0. The summed E-state index contributed by atoms with van der Waals surface area (Å²) in [7, 11) is 0. The van der Waals surface area contributed by atoms with Crippen LogP contribution >= 0.6 is 0 Å². The van der Waals surface area contributed by atoms with E-state index in [0.717, 1.165) is 49.8 Å². The number of fused-ring (bicyclic) bond motifs is 12. The summed E-state index contributed by atoms with van der Waals surface area (Å²) in [6, 6.07) is 44.6. The number of para-hydroxylation sites is 1. The Balaban J connectivity index is 1.44. The highest BCUT2D eigenvalue weighted by molar-refractivity contribution is 6.17. The molecule has 0 bridgehead atoms. The number of furan rings is 1. The van der Waals surface area contributed by atoms with Crippen molar-refractivity contribution >= 4 is 21.9 Å². The van der Waals surface area contributed by atoms with Gasteiger partial charge in [-0.25, -0.2) is 0 Å². The van der Waals surface area contributed by atoms with Crippen molar-refractivity contribution in [2.24, 2.45) is 5.41 Å². The minimum atomic E-state index is -1.49. The third-order valence-electron chi connectivity index (χ3n) is 8.28. The summed E-state index contributed by atoms with van der Waals surface area (Å²) in [6.07, 6.45) is -1.49. The fourth-order valence-corrected chi connectivity index (χ4v) is 6.62. The molecule has 1 heteroatoms. The summed E-state index contributed by atoms with van der Waals surface area (Å²) >= 11 is 0. The van der Waals surface area contributed by atoms with Gasteiger partial charge in [-0.1, -0.05) is 142 Å².